The Morgan fingerprint density at radius 1 is 1.62 bits per heavy atom. The first-order chi connectivity index (χ1) is 7.53. The number of nitrogens with zero attached hydrogens (tertiary/aromatic N) is 3. The topological polar surface area (TPSA) is 83.4 Å². The van der Waals surface area contributed by atoms with Crippen LogP contribution in [-0.2, 0) is 4.79 Å². The van der Waals surface area contributed by atoms with Gasteiger partial charge in [0.25, 0.3) is 5.91 Å². The molecule has 0 aromatic carbocycles. The van der Waals surface area contributed by atoms with Gasteiger partial charge in [-0.1, -0.05) is 0 Å². The molecule has 7 heteroatoms. The van der Waals surface area contributed by atoms with Gasteiger partial charge in [0.15, 0.2) is 5.69 Å². The Kier molecular flexibility index (Phi) is 2.63. The lowest BCUT2D eigenvalue weighted by Crippen LogP contribution is -2.34. The van der Waals surface area contributed by atoms with Crippen molar-refractivity contribution in [2.24, 2.45) is 5.41 Å². The second-order valence-corrected chi connectivity index (χ2v) is 4.69. The molecule has 2 heterocycles. The van der Waals surface area contributed by atoms with Crippen molar-refractivity contribution in [3.63, 3.8) is 0 Å². The largest absolute Gasteiger partial charge is 0.481 e. The van der Waals surface area contributed by atoms with E-state index in [4.69, 9.17) is 5.11 Å². The van der Waals surface area contributed by atoms with Crippen molar-refractivity contribution in [1.29, 1.82) is 0 Å². The number of rotatable bonds is 2. The van der Waals surface area contributed by atoms with Gasteiger partial charge in [0.2, 0.25) is 0 Å². The molecule has 0 spiro atoms. The van der Waals surface area contributed by atoms with E-state index in [0.29, 0.717) is 18.7 Å². The summed E-state index contributed by atoms with van der Waals surface area (Å²) in [6.07, 6.45) is 1.88. The molecule has 2 rings (SSSR count). The van der Waals surface area contributed by atoms with Crippen molar-refractivity contribution >= 4 is 23.6 Å². The molecule has 0 saturated carbocycles. The third-order valence-corrected chi connectivity index (χ3v) is 3.34. The lowest BCUT2D eigenvalue weighted by molar-refractivity contribution is -0.147. The fraction of sp³-hybridized carbons (Fsp3) is 0.556. The molecule has 0 radical (unpaired) electrons. The second-order valence-electron chi connectivity index (χ2n) is 4.14. The molecule has 1 amide bonds. The van der Waals surface area contributed by atoms with Crippen LogP contribution in [0.25, 0.3) is 0 Å². The fourth-order valence-electron chi connectivity index (χ4n) is 1.73. The highest BCUT2D eigenvalue weighted by Crippen LogP contribution is 2.30. The van der Waals surface area contributed by atoms with Gasteiger partial charge < -0.3 is 10.0 Å². The van der Waals surface area contributed by atoms with Gasteiger partial charge in [-0.15, -0.1) is 0 Å². The van der Waals surface area contributed by atoms with Gasteiger partial charge in [-0.05, 0) is 13.3 Å². The number of aromatic nitrogens is 2. The summed E-state index contributed by atoms with van der Waals surface area (Å²) in [6, 6.07) is 0. The zero-order valence-electron chi connectivity index (χ0n) is 8.71. The summed E-state index contributed by atoms with van der Waals surface area (Å²) in [5, 5.41) is 9.04. The molecular weight excluding hydrogens is 230 g/mol. The number of hydrogen-bond acceptors (Lipinski definition) is 5. The average Bonchev–Trinajstić information content (AvgIpc) is 2.85. The minimum Gasteiger partial charge on any atom is -0.481 e. The zero-order chi connectivity index (χ0) is 11.8. The van der Waals surface area contributed by atoms with Crippen LogP contribution >= 0.6 is 11.7 Å². The van der Waals surface area contributed by atoms with Crippen LogP contribution < -0.4 is 0 Å². The van der Waals surface area contributed by atoms with Crippen molar-refractivity contribution in [2.45, 2.75) is 13.3 Å². The number of likely N-dealkylation sites (tertiary alicyclic amines) is 1. The predicted octanol–water partition coefficient (Wildman–Crippen LogP) is 0.475. The molecule has 1 N–H and O–H groups in total. The molecule has 16 heavy (non-hydrogen) atoms. The van der Waals surface area contributed by atoms with Gasteiger partial charge in [-0.2, -0.15) is 8.75 Å². The van der Waals surface area contributed by atoms with Crippen LogP contribution in [0.15, 0.2) is 6.20 Å². The van der Waals surface area contributed by atoms with E-state index in [1.54, 1.807) is 6.92 Å². The van der Waals surface area contributed by atoms with Crippen molar-refractivity contribution in [3.05, 3.63) is 11.9 Å². The fourth-order valence-corrected chi connectivity index (χ4v) is 2.14. The summed E-state index contributed by atoms with van der Waals surface area (Å²) < 4.78 is 7.60. The van der Waals surface area contributed by atoms with E-state index in [0.717, 1.165) is 11.7 Å². The molecule has 86 valence electrons. The summed E-state index contributed by atoms with van der Waals surface area (Å²) in [5.41, 5.74) is -0.543. The molecular formula is C9H11N3O3S. The van der Waals surface area contributed by atoms with Crippen LogP contribution in [0.4, 0.5) is 0 Å². The highest BCUT2D eigenvalue weighted by molar-refractivity contribution is 6.99. The summed E-state index contributed by atoms with van der Waals surface area (Å²) >= 11 is 0.969. The molecule has 1 aromatic heterocycles. The predicted molar refractivity (Wildman–Crippen MR) is 56.2 cm³/mol. The van der Waals surface area contributed by atoms with E-state index in [1.807, 2.05) is 0 Å². The first-order valence-electron chi connectivity index (χ1n) is 4.83. The zero-order valence-corrected chi connectivity index (χ0v) is 9.53. The number of hydrogen-bond donors (Lipinski definition) is 1. The van der Waals surface area contributed by atoms with Crippen LogP contribution in [0.1, 0.15) is 23.8 Å². The second kappa shape index (κ2) is 3.82. The van der Waals surface area contributed by atoms with Crippen molar-refractivity contribution in [3.8, 4) is 0 Å². The van der Waals surface area contributed by atoms with Gasteiger partial charge in [-0.25, -0.2) is 0 Å². The number of aliphatic carboxylic acids is 1. The Bertz CT molecular complexity index is 420. The van der Waals surface area contributed by atoms with Gasteiger partial charge in [0, 0.05) is 13.1 Å². The van der Waals surface area contributed by atoms with Crippen LogP contribution in [0.5, 0.6) is 0 Å². The van der Waals surface area contributed by atoms with Crippen LogP contribution in [0.3, 0.4) is 0 Å². The Balaban J connectivity index is 2.10. The van der Waals surface area contributed by atoms with Gasteiger partial charge in [0.05, 0.1) is 23.3 Å². The first-order valence-corrected chi connectivity index (χ1v) is 5.56. The SMILES string of the molecule is CC1(C(=O)O)CCN(C(=O)c2cnsn2)C1. The molecule has 1 saturated heterocycles. The molecule has 1 aliphatic rings. The summed E-state index contributed by atoms with van der Waals surface area (Å²) in [4.78, 5) is 24.4. The maximum atomic E-state index is 11.9. The van der Waals surface area contributed by atoms with E-state index >= 15 is 0 Å². The number of carbonyl (C=O) groups is 2. The van der Waals surface area contributed by atoms with E-state index in [-0.39, 0.29) is 12.5 Å². The van der Waals surface area contributed by atoms with E-state index in [1.165, 1.54) is 11.1 Å². The molecule has 1 unspecified atom stereocenters. The maximum absolute atomic E-state index is 11.9. The Hall–Kier alpha value is -1.50. The minimum atomic E-state index is -0.862. The number of amides is 1. The minimum absolute atomic E-state index is 0.235. The smallest absolute Gasteiger partial charge is 0.311 e. The monoisotopic (exact) mass is 241 g/mol. The molecule has 0 aliphatic carbocycles. The van der Waals surface area contributed by atoms with Gasteiger partial charge in [-0.3, -0.25) is 9.59 Å². The maximum Gasteiger partial charge on any atom is 0.311 e. The lowest BCUT2D eigenvalue weighted by Gasteiger charge is -2.19. The summed E-state index contributed by atoms with van der Waals surface area (Å²) in [5.74, 6) is -1.10. The molecule has 1 aromatic rings. The highest BCUT2D eigenvalue weighted by Gasteiger charge is 2.42. The van der Waals surface area contributed by atoms with Crippen LogP contribution in [0, 0.1) is 5.41 Å². The summed E-state index contributed by atoms with van der Waals surface area (Å²) in [7, 11) is 0. The Morgan fingerprint density at radius 3 is 2.88 bits per heavy atom. The van der Waals surface area contributed by atoms with E-state index < -0.39 is 11.4 Å². The van der Waals surface area contributed by atoms with Crippen molar-refractivity contribution in [2.75, 3.05) is 13.1 Å². The van der Waals surface area contributed by atoms with Gasteiger partial charge >= 0.3 is 5.97 Å². The third kappa shape index (κ3) is 1.78. The normalized spacial score (nSPS) is 24.7. The Labute approximate surface area is 96.2 Å². The van der Waals surface area contributed by atoms with Crippen LogP contribution in [0.2, 0.25) is 0 Å². The van der Waals surface area contributed by atoms with Crippen molar-refractivity contribution in [1.82, 2.24) is 13.6 Å². The standard InChI is InChI=1S/C9H11N3O3S/c1-9(8(14)15)2-3-12(5-9)7(13)6-4-10-16-11-6/h4H,2-3,5H2,1H3,(H,14,15). The molecule has 1 atom stereocenters. The summed E-state index contributed by atoms with van der Waals surface area (Å²) in [6.45, 7) is 2.35. The highest BCUT2D eigenvalue weighted by atomic mass is 32.1. The molecule has 0 bridgehead atoms. The Morgan fingerprint density at radius 2 is 2.38 bits per heavy atom. The van der Waals surface area contributed by atoms with Crippen molar-refractivity contribution < 1.29 is 14.7 Å². The third-order valence-electron chi connectivity index (χ3n) is 2.86. The van der Waals surface area contributed by atoms with E-state index in [9.17, 15) is 9.59 Å². The molecule has 6 nitrogen and oxygen atoms in total. The lowest BCUT2D eigenvalue weighted by atomic mass is 9.90. The quantitative estimate of drug-likeness (QED) is 0.814. The van der Waals surface area contributed by atoms with Gasteiger partial charge in [0.1, 0.15) is 0 Å². The number of carboxylic acids is 1. The number of carbonyl (C=O) groups excluding carboxylic acids is 1. The molecule has 1 fully saturated rings. The molecule has 1 aliphatic heterocycles. The first kappa shape index (κ1) is 11.0. The average molecular weight is 241 g/mol. The number of carboxylic acid groups (broad SMARTS) is 1. The van der Waals surface area contributed by atoms with Crippen LogP contribution in [-0.4, -0.2) is 43.7 Å². The van der Waals surface area contributed by atoms with E-state index in [2.05, 4.69) is 8.75 Å².